The summed E-state index contributed by atoms with van der Waals surface area (Å²) in [5, 5.41) is 15.1. The number of hydrogen-bond acceptors (Lipinski definition) is 5. The Kier molecular flexibility index (Phi) is 9.29. The molecule has 2 amide bonds. The summed E-state index contributed by atoms with van der Waals surface area (Å²) in [7, 11) is 0. The third kappa shape index (κ3) is 7.59. The highest BCUT2D eigenvalue weighted by atomic mass is 79.9. The minimum Gasteiger partial charge on any atom is -0.345 e. The van der Waals surface area contributed by atoms with Crippen molar-refractivity contribution in [2.24, 2.45) is 0 Å². The molecule has 0 atom stereocenters. The first-order valence-corrected chi connectivity index (χ1v) is 12.0. The molecule has 0 aliphatic carbocycles. The first-order valence-electron chi connectivity index (χ1n) is 9.88. The van der Waals surface area contributed by atoms with E-state index >= 15 is 0 Å². The average molecular weight is 547 g/mol. The molecule has 0 saturated carbocycles. The second kappa shape index (κ2) is 12.4. The molecule has 0 radical (unpaired) electrons. The van der Waals surface area contributed by atoms with Gasteiger partial charge in [-0.2, -0.15) is 0 Å². The number of aromatic nitrogens is 3. The Morgan fingerprint density at radius 1 is 1.15 bits per heavy atom. The van der Waals surface area contributed by atoms with Crippen molar-refractivity contribution < 1.29 is 9.59 Å². The Hall–Kier alpha value is -2.88. The number of amides is 2. The van der Waals surface area contributed by atoms with E-state index in [1.54, 1.807) is 18.2 Å². The number of anilines is 1. The van der Waals surface area contributed by atoms with Gasteiger partial charge in [0, 0.05) is 27.8 Å². The molecule has 1 aromatic heterocycles. The van der Waals surface area contributed by atoms with Gasteiger partial charge in [-0.3, -0.25) is 9.59 Å². The molecule has 0 spiro atoms. The minimum atomic E-state index is -0.286. The Balaban J connectivity index is 1.56. The van der Waals surface area contributed by atoms with Crippen molar-refractivity contribution >= 4 is 62.9 Å². The molecule has 3 rings (SSSR count). The van der Waals surface area contributed by atoms with Gasteiger partial charge in [-0.05, 0) is 42.0 Å². The summed E-state index contributed by atoms with van der Waals surface area (Å²) < 4.78 is 2.74. The fraction of sp³-hybridized carbons (Fsp3) is 0.130. The van der Waals surface area contributed by atoms with Gasteiger partial charge in [-0.1, -0.05) is 63.6 Å². The highest BCUT2D eigenvalue weighted by Gasteiger charge is 2.14. The Morgan fingerprint density at radius 3 is 2.64 bits per heavy atom. The van der Waals surface area contributed by atoms with E-state index in [-0.39, 0.29) is 24.1 Å². The van der Waals surface area contributed by atoms with Gasteiger partial charge in [0.05, 0.1) is 12.3 Å². The van der Waals surface area contributed by atoms with E-state index in [9.17, 15) is 9.59 Å². The molecule has 2 aromatic carbocycles. The van der Waals surface area contributed by atoms with Gasteiger partial charge in [0.1, 0.15) is 0 Å². The third-order valence-electron chi connectivity index (χ3n) is 4.31. The summed E-state index contributed by atoms with van der Waals surface area (Å²) in [5.41, 5.74) is 1.47. The molecule has 0 unspecified atom stereocenters. The van der Waals surface area contributed by atoms with Crippen LogP contribution in [0.3, 0.4) is 0 Å². The van der Waals surface area contributed by atoms with Crippen LogP contribution in [0.4, 0.5) is 5.69 Å². The van der Waals surface area contributed by atoms with Crippen LogP contribution in [0.15, 0.2) is 76.9 Å². The number of carbonyl (C=O) groups excluding carboxylic acids is 2. The standard InChI is InChI=1S/C23H21BrClN5O2S/c1-2-13-30-20(14-26-21(31)12-7-16-5-3-4-6-19(16)25)28-29-23(30)33-15-22(32)27-18-10-8-17(24)9-11-18/h2-12H,1,13-15H2,(H,26,31)(H,27,32). The van der Waals surface area contributed by atoms with E-state index in [4.69, 9.17) is 11.6 Å². The molecule has 3 aromatic rings. The maximum Gasteiger partial charge on any atom is 0.244 e. The molecule has 1 heterocycles. The van der Waals surface area contributed by atoms with E-state index in [1.165, 1.54) is 17.8 Å². The fourth-order valence-electron chi connectivity index (χ4n) is 2.73. The van der Waals surface area contributed by atoms with E-state index < -0.39 is 0 Å². The number of halogens is 2. The van der Waals surface area contributed by atoms with Crippen LogP contribution in [-0.4, -0.2) is 32.3 Å². The van der Waals surface area contributed by atoms with Gasteiger partial charge < -0.3 is 15.2 Å². The highest BCUT2D eigenvalue weighted by molar-refractivity contribution is 9.10. The van der Waals surface area contributed by atoms with Gasteiger partial charge in [0.2, 0.25) is 11.8 Å². The Morgan fingerprint density at radius 2 is 1.91 bits per heavy atom. The van der Waals surface area contributed by atoms with E-state index in [0.29, 0.717) is 28.2 Å². The number of hydrogen-bond donors (Lipinski definition) is 2. The van der Waals surface area contributed by atoms with Crippen LogP contribution in [0, 0.1) is 0 Å². The molecule has 2 N–H and O–H groups in total. The van der Waals surface area contributed by atoms with Crippen molar-refractivity contribution in [3.05, 3.63) is 88.1 Å². The maximum absolute atomic E-state index is 12.3. The van der Waals surface area contributed by atoms with Crippen LogP contribution in [0.5, 0.6) is 0 Å². The Bertz CT molecular complexity index is 1160. The van der Waals surface area contributed by atoms with Gasteiger partial charge in [-0.15, -0.1) is 16.8 Å². The lowest BCUT2D eigenvalue weighted by Crippen LogP contribution is -2.23. The lowest BCUT2D eigenvalue weighted by molar-refractivity contribution is -0.116. The first-order chi connectivity index (χ1) is 16.0. The molecule has 7 nitrogen and oxygen atoms in total. The van der Waals surface area contributed by atoms with Crippen LogP contribution < -0.4 is 10.6 Å². The molecule has 0 aliphatic rings. The van der Waals surface area contributed by atoms with Gasteiger partial charge >= 0.3 is 0 Å². The second-order valence-electron chi connectivity index (χ2n) is 6.71. The fourth-order valence-corrected chi connectivity index (χ4v) is 3.96. The molecule has 0 aliphatic heterocycles. The number of benzene rings is 2. The molecule has 0 saturated heterocycles. The smallest absolute Gasteiger partial charge is 0.244 e. The predicted molar refractivity (Wildman–Crippen MR) is 136 cm³/mol. The van der Waals surface area contributed by atoms with Crippen molar-refractivity contribution in [1.82, 2.24) is 20.1 Å². The summed E-state index contributed by atoms with van der Waals surface area (Å²) in [6, 6.07) is 14.6. The summed E-state index contributed by atoms with van der Waals surface area (Å²) >= 11 is 10.7. The number of nitrogens with one attached hydrogen (secondary N) is 2. The zero-order valence-electron chi connectivity index (χ0n) is 17.5. The molecular formula is C23H21BrClN5O2S. The second-order valence-corrected chi connectivity index (χ2v) is 8.98. The van der Waals surface area contributed by atoms with Crippen LogP contribution in [-0.2, 0) is 22.7 Å². The van der Waals surface area contributed by atoms with E-state index in [1.807, 2.05) is 47.0 Å². The predicted octanol–water partition coefficient (Wildman–Crippen LogP) is 4.94. The monoisotopic (exact) mass is 545 g/mol. The first kappa shape index (κ1) is 24.8. The van der Waals surface area contributed by atoms with Gasteiger partial charge in [0.25, 0.3) is 0 Å². The number of allylic oxidation sites excluding steroid dienone is 1. The summed E-state index contributed by atoms with van der Waals surface area (Å²) in [6.45, 7) is 4.39. The lowest BCUT2D eigenvalue weighted by Gasteiger charge is -2.08. The summed E-state index contributed by atoms with van der Waals surface area (Å²) in [5.74, 6) is 0.282. The number of thioether (sulfide) groups is 1. The average Bonchev–Trinajstić information content (AvgIpc) is 3.19. The van der Waals surface area contributed by atoms with Crippen molar-refractivity contribution in [2.45, 2.75) is 18.2 Å². The maximum atomic E-state index is 12.3. The van der Waals surface area contributed by atoms with Crippen molar-refractivity contribution in [3.63, 3.8) is 0 Å². The number of rotatable bonds is 10. The zero-order chi connectivity index (χ0) is 23.6. The molecule has 10 heteroatoms. The molecular weight excluding hydrogens is 526 g/mol. The molecule has 170 valence electrons. The van der Waals surface area contributed by atoms with Crippen LogP contribution in [0.25, 0.3) is 6.08 Å². The van der Waals surface area contributed by atoms with E-state index in [0.717, 1.165) is 10.0 Å². The van der Waals surface area contributed by atoms with Crippen molar-refractivity contribution in [1.29, 1.82) is 0 Å². The molecule has 0 fully saturated rings. The number of carbonyl (C=O) groups is 2. The third-order valence-corrected chi connectivity index (χ3v) is 6.15. The van der Waals surface area contributed by atoms with Gasteiger partial charge in [0.15, 0.2) is 11.0 Å². The molecule has 33 heavy (non-hydrogen) atoms. The van der Waals surface area contributed by atoms with Crippen LogP contribution in [0.2, 0.25) is 5.02 Å². The van der Waals surface area contributed by atoms with E-state index in [2.05, 4.69) is 43.3 Å². The lowest BCUT2D eigenvalue weighted by atomic mass is 10.2. The van der Waals surface area contributed by atoms with Crippen molar-refractivity contribution in [3.8, 4) is 0 Å². The topological polar surface area (TPSA) is 88.9 Å². The summed E-state index contributed by atoms with van der Waals surface area (Å²) in [6.07, 6.45) is 4.77. The Labute approximate surface area is 209 Å². The van der Waals surface area contributed by atoms with Gasteiger partial charge in [-0.25, -0.2) is 0 Å². The van der Waals surface area contributed by atoms with Crippen LogP contribution in [0.1, 0.15) is 11.4 Å². The SMILES string of the molecule is C=CCn1c(CNC(=O)C=Cc2ccccc2Cl)nnc1SCC(=O)Nc1ccc(Br)cc1. The van der Waals surface area contributed by atoms with Crippen molar-refractivity contribution in [2.75, 3.05) is 11.1 Å². The largest absolute Gasteiger partial charge is 0.345 e. The zero-order valence-corrected chi connectivity index (χ0v) is 20.7. The van der Waals surface area contributed by atoms with Crippen LogP contribution >= 0.6 is 39.3 Å². The number of nitrogens with zero attached hydrogens (tertiary/aromatic N) is 3. The summed E-state index contributed by atoms with van der Waals surface area (Å²) in [4.78, 5) is 24.5. The quantitative estimate of drug-likeness (QED) is 0.214. The minimum absolute atomic E-state index is 0.157. The molecule has 0 bridgehead atoms. The highest BCUT2D eigenvalue weighted by Crippen LogP contribution is 2.19. The normalized spacial score (nSPS) is 10.8.